The van der Waals surface area contributed by atoms with Gasteiger partial charge in [-0.05, 0) is 62.5 Å². The standard InChI is InChI=1S/C20H21ClN2OS/c21-20-9-13-6-14(10-20)8-19(7-13,12-20)16-11-25-18(22-16)23-17(24)15-4-2-1-3-5-15/h1-5,11,13-14H,6-10,12H2,(H,22,23,24)/t13-,14-,19?,20?/m1/s1. The molecule has 1 heterocycles. The number of nitrogens with one attached hydrogen (secondary N) is 1. The van der Waals surface area contributed by atoms with Gasteiger partial charge in [-0.15, -0.1) is 22.9 Å². The number of benzene rings is 1. The van der Waals surface area contributed by atoms with E-state index in [2.05, 4.69) is 10.7 Å². The zero-order valence-corrected chi connectivity index (χ0v) is 15.6. The van der Waals surface area contributed by atoms with Crippen LogP contribution in [0.25, 0.3) is 0 Å². The number of hydrogen-bond donors (Lipinski definition) is 1. The van der Waals surface area contributed by atoms with Crippen molar-refractivity contribution in [2.45, 2.75) is 48.8 Å². The molecule has 4 aliphatic carbocycles. The topological polar surface area (TPSA) is 42.0 Å². The van der Waals surface area contributed by atoms with E-state index in [0.29, 0.717) is 10.7 Å². The Hall–Kier alpha value is -1.39. The number of carbonyl (C=O) groups is 1. The van der Waals surface area contributed by atoms with Crippen molar-refractivity contribution in [1.82, 2.24) is 4.98 Å². The van der Waals surface area contributed by atoms with Crippen molar-refractivity contribution < 1.29 is 4.79 Å². The van der Waals surface area contributed by atoms with E-state index in [4.69, 9.17) is 16.6 Å². The Bertz CT molecular complexity index is 804. The first-order valence-corrected chi connectivity index (χ1v) is 10.3. The van der Waals surface area contributed by atoms with Gasteiger partial charge in [-0.1, -0.05) is 18.2 Å². The van der Waals surface area contributed by atoms with Gasteiger partial charge in [0, 0.05) is 21.2 Å². The third-order valence-corrected chi connectivity index (χ3v) is 7.49. The molecule has 1 amide bonds. The summed E-state index contributed by atoms with van der Waals surface area (Å²) in [5.74, 6) is 1.41. The normalized spacial score (nSPS) is 35.7. The van der Waals surface area contributed by atoms with E-state index in [1.54, 1.807) is 0 Å². The van der Waals surface area contributed by atoms with E-state index in [-0.39, 0.29) is 16.2 Å². The Balaban J connectivity index is 1.39. The van der Waals surface area contributed by atoms with Crippen LogP contribution in [0.3, 0.4) is 0 Å². The maximum atomic E-state index is 12.4. The van der Waals surface area contributed by atoms with Gasteiger partial charge in [-0.25, -0.2) is 4.98 Å². The quantitative estimate of drug-likeness (QED) is 0.750. The average Bonchev–Trinajstić information content (AvgIpc) is 3.03. The van der Waals surface area contributed by atoms with Crippen LogP contribution in [0.2, 0.25) is 0 Å². The van der Waals surface area contributed by atoms with Crippen LogP contribution < -0.4 is 5.32 Å². The predicted molar refractivity (Wildman–Crippen MR) is 101 cm³/mol. The molecule has 0 unspecified atom stereocenters. The molecule has 5 heteroatoms. The molecule has 2 atom stereocenters. The number of aromatic nitrogens is 1. The number of rotatable bonds is 3. The molecule has 4 bridgehead atoms. The molecule has 4 aliphatic rings. The molecule has 2 aromatic rings. The van der Waals surface area contributed by atoms with Crippen molar-refractivity contribution in [3.63, 3.8) is 0 Å². The van der Waals surface area contributed by atoms with E-state index in [9.17, 15) is 4.79 Å². The average molecular weight is 373 g/mol. The highest BCUT2D eigenvalue weighted by molar-refractivity contribution is 7.14. The minimum absolute atomic E-state index is 0.0127. The smallest absolute Gasteiger partial charge is 0.257 e. The summed E-state index contributed by atoms with van der Waals surface area (Å²) in [7, 11) is 0. The number of anilines is 1. The molecule has 4 saturated carbocycles. The Labute approximate surface area is 156 Å². The van der Waals surface area contributed by atoms with Gasteiger partial charge in [0.05, 0.1) is 5.69 Å². The SMILES string of the molecule is O=C(Nc1nc(C23C[C@H]4C[C@@H](CC(Cl)(C4)C2)C3)cs1)c1ccccc1. The lowest BCUT2D eigenvalue weighted by molar-refractivity contribution is 0.00720. The summed E-state index contributed by atoms with van der Waals surface area (Å²) in [4.78, 5) is 17.2. The Morgan fingerprint density at radius 2 is 1.88 bits per heavy atom. The van der Waals surface area contributed by atoms with E-state index < -0.39 is 0 Å². The molecule has 3 nitrogen and oxygen atoms in total. The van der Waals surface area contributed by atoms with Gasteiger partial charge < -0.3 is 0 Å². The van der Waals surface area contributed by atoms with Gasteiger partial charge in [0.2, 0.25) is 0 Å². The zero-order valence-electron chi connectivity index (χ0n) is 14.0. The fraction of sp³-hybridized carbons (Fsp3) is 0.500. The van der Waals surface area contributed by atoms with Crippen molar-refractivity contribution in [3.8, 4) is 0 Å². The Kier molecular flexibility index (Phi) is 3.52. The summed E-state index contributed by atoms with van der Waals surface area (Å²) in [5.41, 5.74) is 1.95. The number of amides is 1. The van der Waals surface area contributed by atoms with Crippen LogP contribution in [0, 0.1) is 11.8 Å². The van der Waals surface area contributed by atoms with Crippen molar-refractivity contribution in [2.24, 2.45) is 11.8 Å². The molecule has 0 spiro atoms. The van der Waals surface area contributed by atoms with Gasteiger partial charge in [-0.2, -0.15) is 0 Å². The predicted octanol–water partition coefficient (Wildman–Crippen LogP) is 5.22. The number of nitrogens with zero attached hydrogens (tertiary/aromatic N) is 1. The second-order valence-electron chi connectivity index (χ2n) is 8.25. The second kappa shape index (κ2) is 5.55. The Morgan fingerprint density at radius 1 is 1.16 bits per heavy atom. The van der Waals surface area contributed by atoms with E-state index in [1.807, 2.05) is 30.3 Å². The van der Waals surface area contributed by atoms with Crippen LogP contribution >= 0.6 is 22.9 Å². The second-order valence-corrected chi connectivity index (χ2v) is 9.91. The number of halogens is 1. The number of hydrogen-bond acceptors (Lipinski definition) is 3. The highest BCUT2D eigenvalue weighted by atomic mass is 35.5. The van der Waals surface area contributed by atoms with Gasteiger partial charge in [0.15, 0.2) is 5.13 Å². The third kappa shape index (κ3) is 2.70. The first-order chi connectivity index (χ1) is 12.0. The van der Waals surface area contributed by atoms with Crippen molar-refractivity contribution in [1.29, 1.82) is 0 Å². The fourth-order valence-corrected chi connectivity index (χ4v) is 7.30. The third-order valence-electron chi connectivity index (χ3n) is 6.29. The van der Waals surface area contributed by atoms with Gasteiger partial charge in [0.1, 0.15) is 0 Å². The van der Waals surface area contributed by atoms with E-state index >= 15 is 0 Å². The molecule has 0 saturated heterocycles. The number of thiazole rings is 1. The number of carbonyl (C=O) groups excluding carboxylic acids is 1. The highest BCUT2D eigenvalue weighted by Crippen LogP contribution is 2.64. The molecule has 1 aromatic carbocycles. The van der Waals surface area contributed by atoms with Crippen LogP contribution in [0.15, 0.2) is 35.7 Å². The Morgan fingerprint density at radius 3 is 2.56 bits per heavy atom. The van der Waals surface area contributed by atoms with Gasteiger partial charge in [0.25, 0.3) is 5.91 Å². The molecule has 1 aromatic heterocycles. The molecule has 6 rings (SSSR count). The van der Waals surface area contributed by atoms with E-state index in [0.717, 1.165) is 24.0 Å². The number of alkyl halides is 1. The van der Waals surface area contributed by atoms with Gasteiger partial charge >= 0.3 is 0 Å². The molecule has 4 fully saturated rings. The van der Waals surface area contributed by atoms with E-state index in [1.165, 1.54) is 43.4 Å². The lowest BCUT2D eigenvalue weighted by Gasteiger charge is -2.59. The first-order valence-electron chi connectivity index (χ1n) is 9.05. The minimum atomic E-state index is -0.0965. The van der Waals surface area contributed by atoms with Crippen LogP contribution in [0.1, 0.15) is 54.6 Å². The summed E-state index contributed by atoms with van der Waals surface area (Å²) in [6.07, 6.45) is 7.17. The molecular formula is C20H21ClN2OS. The van der Waals surface area contributed by atoms with Crippen molar-refractivity contribution in [2.75, 3.05) is 5.32 Å². The molecule has 0 radical (unpaired) electrons. The summed E-state index contributed by atoms with van der Waals surface area (Å²) in [6.45, 7) is 0. The van der Waals surface area contributed by atoms with Crippen LogP contribution in [-0.4, -0.2) is 15.8 Å². The van der Waals surface area contributed by atoms with Gasteiger partial charge in [-0.3, -0.25) is 10.1 Å². The molecule has 1 N–H and O–H groups in total. The fourth-order valence-electron chi connectivity index (χ4n) is 5.78. The monoisotopic (exact) mass is 372 g/mol. The summed E-state index contributed by atoms with van der Waals surface area (Å²) < 4.78 is 0. The lowest BCUT2D eigenvalue weighted by atomic mass is 9.48. The van der Waals surface area contributed by atoms with Crippen molar-refractivity contribution >= 4 is 34.0 Å². The summed E-state index contributed by atoms with van der Waals surface area (Å²) in [6, 6.07) is 9.29. The molecule has 130 valence electrons. The van der Waals surface area contributed by atoms with Crippen LogP contribution in [-0.2, 0) is 5.41 Å². The maximum Gasteiger partial charge on any atom is 0.257 e. The summed E-state index contributed by atoms with van der Waals surface area (Å²) in [5, 5.41) is 5.80. The zero-order chi connectivity index (χ0) is 17.1. The maximum absolute atomic E-state index is 12.4. The molecule has 25 heavy (non-hydrogen) atoms. The highest BCUT2D eigenvalue weighted by Gasteiger charge is 2.58. The minimum Gasteiger partial charge on any atom is -0.298 e. The van der Waals surface area contributed by atoms with Crippen molar-refractivity contribution in [3.05, 3.63) is 47.0 Å². The summed E-state index contributed by atoms with van der Waals surface area (Å²) >= 11 is 8.48. The molecular weight excluding hydrogens is 352 g/mol. The lowest BCUT2D eigenvalue weighted by Crippen LogP contribution is -2.55. The van der Waals surface area contributed by atoms with Crippen LogP contribution in [0.4, 0.5) is 5.13 Å². The first kappa shape index (κ1) is 15.8. The molecule has 0 aliphatic heterocycles. The van der Waals surface area contributed by atoms with Crippen LogP contribution in [0.5, 0.6) is 0 Å². The largest absolute Gasteiger partial charge is 0.298 e.